The predicted octanol–water partition coefficient (Wildman–Crippen LogP) is 3.54. The Kier molecular flexibility index (Phi) is 6.56. The Hall–Kier alpha value is -0.570. The van der Waals surface area contributed by atoms with Crippen LogP contribution in [0.3, 0.4) is 0 Å². The topological polar surface area (TPSA) is 32.3 Å². The van der Waals surface area contributed by atoms with Crippen LogP contribution in [0.5, 0.6) is 0 Å². The van der Waals surface area contributed by atoms with Gasteiger partial charge in [-0.25, -0.2) is 0 Å². The highest BCUT2D eigenvalue weighted by Crippen LogP contribution is 2.20. The third-order valence-electron chi connectivity index (χ3n) is 2.85. The largest absolute Gasteiger partial charge is 0.388 e. The fourth-order valence-electron chi connectivity index (χ4n) is 1.76. The molecule has 1 rings (SSSR count). The molecule has 0 heterocycles. The van der Waals surface area contributed by atoms with Gasteiger partial charge in [-0.15, -0.1) is 0 Å². The molecule has 0 aliphatic carbocycles. The first-order chi connectivity index (χ1) is 8.13. The van der Waals surface area contributed by atoms with Crippen LogP contribution >= 0.6 is 11.6 Å². The number of benzene rings is 1. The molecule has 0 saturated carbocycles. The van der Waals surface area contributed by atoms with Crippen LogP contribution < -0.4 is 5.32 Å². The lowest BCUT2D eigenvalue weighted by atomic mass is 10.0. The van der Waals surface area contributed by atoms with E-state index in [1.165, 1.54) is 12.8 Å². The van der Waals surface area contributed by atoms with Gasteiger partial charge in [-0.2, -0.15) is 0 Å². The second kappa shape index (κ2) is 7.70. The summed E-state index contributed by atoms with van der Waals surface area (Å²) in [5, 5.41) is 14.2. The molecule has 3 heteroatoms. The summed E-state index contributed by atoms with van der Waals surface area (Å²) in [7, 11) is 0. The van der Waals surface area contributed by atoms with Gasteiger partial charge in [0.25, 0.3) is 0 Å². The van der Waals surface area contributed by atoms with E-state index in [9.17, 15) is 5.11 Å². The Morgan fingerprint density at radius 3 is 2.53 bits per heavy atom. The minimum atomic E-state index is -0.420. The van der Waals surface area contributed by atoms with Gasteiger partial charge in [-0.05, 0) is 44.0 Å². The van der Waals surface area contributed by atoms with Crippen LogP contribution in [0.1, 0.15) is 44.8 Å². The SMILES string of the molecule is CCCCNC(C)CC(O)c1ccc(Cl)cc1. The van der Waals surface area contributed by atoms with E-state index >= 15 is 0 Å². The Bertz CT molecular complexity index is 313. The maximum atomic E-state index is 10.1. The van der Waals surface area contributed by atoms with Crippen molar-refractivity contribution in [1.82, 2.24) is 5.32 Å². The first-order valence-electron chi connectivity index (χ1n) is 6.30. The van der Waals surface area contributed by atoms with E-state index in [0.29, 0.717) is 11.1 Å². The molecule has 2 nitrogen and oxygen atoms in total. The molecular formula is C14H22ClNO. The molecular weight excluding hydrogens is 234 g/mol. The summed E-state index contributed by atoms with van der Waals surface area (Å²) in [5.41, 5.74) is 0.929. The van der Waals surface area contributed by atoms with Gasteiger partial charge in [0.05, 0.1) is 6.10 Å². The van der Waals surface area contributed by atoms with Crippen molar-refractivity contribution in [3.63, 3.8) is 0 Å². The zero-order valence-corrected chi connectivity index (χ0v) is 11.4. The molecule has 0 aliphatic heterocycles. The van der Waals surface area contributed by atoms with Crippen molar-refractivity contribution in [3.05, 3.63) is 34.9 Å². The van der Waals surface area contributed by atoms with Crippen LogP contribution in [-0.2, 0) is 0 Å². The minimum Gasteiger partial charge on any atom is -0.388 e. The summed E-state index contributed by atoms with van der Waals surface area (Å²) in [6.45, 7) is 5.30. The first kappa shape index (κ1) is 14.5. The van der Waals surface area contributed by atoms with E-state index in [1.807, 2.05) is 24.3 Å². The quantitative estimate of drug-likeness (QED) is 0.731. The molecule has 2 N–H and O–H groups in total. The van der Waals surface area contributed by atoms with E-state index in [-0.39, 0.29) is 0 Å². The van der Waals surface area contributed by atoms with Gasteiger partial charge in [-0.3, -0.25) is 0 Å². The molecule has 1 aromatic rings. The summed E-state index contributed by atoms with van der Waals surface area (Å²) < 4.78 is 0. The summed E-state index contributed by atoms with van der Waals surface area (Å²) in [6, 6.07) is 7.72. The summed E-state index contributed by atoms with van der Waals surface area (Å²) in [4.78, 5) is 0. The van der Waals surface area contributed by atoms with E-state index in [2.05, 4.69) is 19.2 Å². The van der Waals surface area contributed by atoms with Crippen molar-refractivity contribution in [2.45, 2.75) is 45.3 Å². The Morgan fingerprint density at radius 2 is 1.94 bits per heavy atom. The second-order valence-corrected chi connectivity index (χ2v) is 4.95. The highest BCUT2D eigenvalue weighted by Gasteiger charge is 2.11. The van der Waals surface area contributed by atoms with Crippen LogP contribution in [0, 0.1) is 0 Å². The highest BCUT2D eigenvalue weighted by molar-refractivity contribution is 6.30. The maximum Gasteiger partial charge on any atom is 0.0804 e. The number of nitrogens with one attached hydrogen (secondary N) is 1. The lowest BCUT2D eigenvalue weighted by Gasteiger charge is -2.18. The number of aliphatic hydroxyl groups is 1. The molecule has 0 aliphatic rings. The van der Waals surface area contributed by atoms with Crippen molar-refractivity contribution in [2.24, 2.45) is 0 Å². The van der Waals surface area contributed by atoms with E-state index in [4.69, 9.17) is 11.6 Å². The molecule has 1 aromatic carbocycles. The lowest BCUT2D eigenvalue weighted by molar-refractivity contribution is 0.154. The normalized spacial score (nSPS) is 14.6. The molecule has 0 amide bonds. The molecule has 17 heavy (non-hydrogen) atoms. The van der Waals surface area contributed by atoms with Crippen LogP contribution in [-0.4, -0.2) is 17.7 Å². The van der Waals surface area contributed by atoms with Gasteiger partial charge in [0, 0.05) is 11.1 Å². The standard InChI is InChI=1S/C14H22ClNO/c1-3-4-9-16-11(2)10-14(17)12-5-7-13(15)8-6-12/h5-8,11,14,16-17H,3-4,9-10H2,1-2H3. The minimum absolute atomic E-state index is 0.326. The van der Waals surface area contributed by atoms with Crippen molar-refractivity contribution in [3.8, 4) is 0 Å². The number of halogens is 1. The summed E-state index contributed by atoms with van der Waals surface area (Å²) in [6.07, 6.45) is 2.68. The van der Waals surface area contributed by atoms with E-state index in [1.54, 1.807) is 0 Å². The van der Waals surface area contributed by atoms with Crippen molar-refractivity contribution < 1.29 is 5.11 Å². The smallest absolute Gasteiger partial charge is 0.0804 e. The van der Waals surface area contributed by atoms with Gasteiger partial charge in [0.15, 0.2) is 0 Å². The zero-order chi connectivity index (χ0) is 12.7. The average molecular weight is 256 g/mol. The second-order valence-electron chi connectivity index (χ2n) is 4.51. The molecule has 2 atom stereocenters. The molecule has 0 radical (unpaired) electrons. The highest BCUT2D eigenvalue weighted by atomic mass is 35.5. The van der Waals surface area contributed by atoms with E-state index < -0.39 is 6.10 Å². The number of aliphatic hydroxyl groups excluding tert-OH is 1. The molecule has 0 spiro atoms. The van der Waals surface area contributed by atoms with Crippen molar-refractivity contribution in [2.75, 3.05) is 6.54 Å². The third kappa shape index (κ3) is 5.53. The van der Waals surface area contributed by atoms with Gasteiger partial charge in [-0.1, -0.05) is 37.1 Å². The van der Waals surface area contributed by atoms with Gasteiger partial charge >= 0.3 is 0 Å². The molecule has 0 bridgehead atoms. The van der Waals surface area contributed by atoms with Crippen LogP contribution in [0.25, 0.3) is 0 Å². The molecule has 96 valence electrons. The van der Waals surface area contributed by atoms with Crippen molar-refractivity contribution >= 4 is 11.6 Å². The first-order valence-corrected chi connectivity index (χ1v) is 6.68. The van der Waals surface area contributed by atoms with Crippen LogP contribution in [0.2, 0.25) is 5.02 Å². The fourth-order valence-corrected chi connectivity index (χ4v) is 1.89. The Balaban J connectivity index is 2.37. The molecule has 0 aromatic heterocycles. The van der Waals surface area contributed by atoms with Gasteiger partial charge < -0.3 is 10.4 Å². The van der Waals surface area contributed by atoms with Gasteiger partial charge in [0.2, 0.25) is 0 Å². The maximum absolute atomic E-state index is 10.1. The average Bonchev–Trinajstić information content (AvgIpc) is 2.30. The molecule has 0 fully saturated rings. The number of hydrogen-bond donors (Lipinski definition) is 2. The monoisotopic (exact) mass is 255 g/mol. The summed E-state index contributed by atoms with van der Waals surface area (Å²) in [5.74, 6) is 0. The third-order valence-corrected chi connectivity index (χ3v) is 3.11. The van der Waals surface area contributed by atoms with Crippen LogP contribution in [0.4, 0.5) is 0 Å². The molecule has 2 unspecified atom stereocenters. The van der Waals surface area contributed by atoms with E-state index in [0.717, 1.165) is 18.5 Å². The fraction of sp³-hybridized carbons (Fsp3) is 0.571. The van der Waals surface area contributed by atoms with Gasteiger partial charge in [0.1, 0.15) is 0 Å². The predicted molar refractivity (Wildman–Crippen MR) is 73.4 cm³/mol. The number of hydrogen-bond acceptors (Lipinski definition) is 2. The number of rotatable bonds is 7. The Labute approximate surface area is 109 Å². The number of unbranched alkanes of at least 4 members (excludes halogenated alkanes) is 1. The lowest BCUT2D eigenvalue weighted by Crippen LogP contribution is -2.28. The Morgan fingerprint density at radius 1 is 1.29 bits per heavy atom. The van der Waals surface area contributed by atoms with Crippen LogP contribution in [0.15, 0.2) is 24.3 Å². The zero-order valence-electron chi connectivity index (χ0n) is 10.6. The summed E-state index contributed by atoms with van der Waals surface area (Å²) >= 11 is 5.81. The molecule has 0 saturated heterocycles. The van der Waals surface area contributed by atoms with Crippen molar-refractivity contribution in [1.29, 1.82) is 0 Å².